The summed E-state index contributed by atoms with van der Waals surface area (Å²) in [6, 6.07) is 21.7. The molecule has 2 N–H and O–H groups in total. The molecule has 0 amide bonds. The fourth-order valence-electron chi connectivity index (χ4n) is 1.79. The van der Waals surface area contributed by atoms with Crippen molar-refractivity contribution in [3.05, 3.63) is 71.8 Å². The van der Waals surface area contributed by atoms with Crippen LogP contribution in [0.3, 0.4) is 0 Å². The molecule has 0 atom stereocenters. The summed E-state index contributed by atoms with van der Waals surface area (Å²) in [5.41, 5.74) is -0.0677. The van der Waals surface area contributed by atoms with E-state index >= 15 is 0 Å². The molecular formula is C14H17O2PS2Zn. The first-order valence-electron chi connectivity index (χ1n) is 6.31. The minimum atomic E-state index is -3.11. The molecule has 0 unspecified atom stereocenters. The van der Waals surface area contributed by atoms with Crippen LogP contribution in [-0.4, -0.2) is 9.79 Å². The van der Waals surface area contributed by atoms with Crippen molar-refractivity contribution in [3.63, 3.8) is 0 Å². The van der Waals surface area contributed by atoms with Gasteiger partial charge in [0, 0.05) is 0 Å². The topological polar surface area (TPSA) is 40.5 Å². The summed E-state index contributed by atoms with van der Waals surface area (Å²) < 4.78 is 0. The SMILES string of the molecule is OP(O)(=S)S.c1ccc([CH2][Zn][CH2]c2ccccc2)cc1. The Balaban J connectivity index is 0.000000347. The second-order valence-corrected chi connectivity index (χ2v) is 13.0. The van der Waals surface area contributed by atoms with Gasteiger partial charge in [0.1, 0.15) is 0 Å². The number of rotatable bonds is 4. The molecule has 0 aliphatic rings. The van der Waals surface area contributed by atoms with Crippen LogP contribution in [0.5, 0.6) is 0 Å². The molecule has 104 valence electrons. The summed E-state index contributed by atoms with van der Waals surface area (Å²) in [5.74, 6) is 0. The average Bonchev–Trinajstić information content (AvgIpc) is 2.39. The Bertz CT molecular complexity index is 484. The third-order valence-corrected chi connectivity index (χ3v) is 6.52. The van der Waals surface area contributed by atoms with Gasteiger partial charge in [0.05, 0.1) is 0 Å². The zero-order chi connectivity index (χ0) is 14.8. The van der Waals surface area contributed by atoms with Gasteiger partial charge in [-0.25, -0.2) is 0 Å². The van der Waals surface area contributed by atoms with Crippen molar-refractivity contribution in [1.82, 2.24) is 0 Å². The summed E-state index contributed by atoms with van der Waals surface area (Å²) in [5, 5.41) is 2.73. The van der Waals surface area contributed by atoms with Crippen LogP contribution in [-0.2, 0) is 39.0 Å². The van der Waals surface area contributed by atoms with Crippen LogP contribution in [0, 0.1) is 0 Å². The van der Waals surface area contributed by atoms with Crippen LogP contribution in [0.25, 0.3) is 0 Å². The van der Waals surface area contributed by atoms with Gasteiger partial charge in [-0.3, -0.25) is 0 Å². The normalized spacial score (nSPS) is 10.2. The third-order valence-electron chi connectivity index (χ3n) is 2.62. The summed E-state index contributed by atoms with van der Waals surface area (Å²) >= 11 is 6.66. The monoisotopic (exact) mass is 376 g/mol. The van der Waals surface area contributed by atoms with E-state index in [9.17, 15) is 0 Å². The van der Waals surface area contributed by atoms with Gasteiger partial charge in [-0.2, -0.15) is 0 Å². The number of hydrogen-bond donors (Lipinski definition) is 3. The second kappa shape index (κ2) is 9.84. The predicted molar refractivity (Wildman–Crippen MR) is 88.0 cm³/mol. The van der Waals surface area contributed by atoms with Crippen LogP contribution in [0.2, 0.25) is 0 Å². The molecule has 0 fully saturated rings. The van der Waals surface area contributed by atoms with Gasteiger partial charge < -0.3 is 9.79 Å². The maximum absolute atomic E-state index is 7.87. The van der Waals surface area contributed by atoms with Crippen molar-refractivity contribution in [2.24, 2.45) is 0 Å². The van der Waals surface area contributed by atoms with E-state index in [1.165, 1.54) is 21.2 Å². The molecule has 0 aromatic heterocycles. The van der Waals surface area contributed by atoms with Gasteiger partial charge in [-0.1, -0.05) is 12.2 Å². The van der Waals surface area contributed by atoms with E-state index in [1.54, 1.807) is 0 Å². The Morgan fingerprint density at radius 2 is 1.15 bits per heavy atom. The number of benzene rings is 2. The Labute approximate surface area is 138 Å². The molecule has 0 bridgehead atoms. The first-order chi connectivity index (χ1) is 9.45. The van der Waals surface area contributed by atoms with Crippen molar-refractivity contribution in [3.8, 4) is 0 Å². The zero-order valence-electron chi connectivity index (χ0n) is 11.1. The molecule has 0 saturated carbocycles. The van der Waals surface area contributed by atoms with Crippen molar-refractivity contribution >= 4 is 29.7 Å². The van der Waals surface area contributed by atoms with Crippen LogP contribution in [0.4, 0.5) is 0 Å². The molecule has 0 aliphatic carbocycles. The molecule has 2 aromatic carbocycles. The van der Waals surface area contributed by atoms with Crippen molar-refractivity contribution in [2.75, 3.05) is 0 Å². The van der Waals surface area contributed by atoms with E-state index in [4.69, 9.17) is 9.79 Å². The zero-order valence-corrected chi connectivity index (χ0v) is 16.7. The maximum atomic E-state index is 7.87. The van der Waals surface area contributed by atoms with E-state index in [-0.39, 0.29) is 0 Å². The fraction of sp³-hybridized carbons (Fsp3) is 0.143. The first kappa shape index (κ1) is 18.0. The van der Waals surface area contributed by atoms with Gasteiger partial charge in [0.2, 0.25) is 5.69 Å². The van der Waals surface area contributed by atoms with Crippen LogP contribution >= 0.6 is 17.9 Å². The molecule has 6 heteroatoms. The average molecular weight is 378 g/mol. The molecule has 0 heterocycles. The molecule has 2 nitrogen and oxygen atoms in total. The van der Waals surface area contributed by atoms with Crippen LogP contribution in [0.15, 0.2) is 60.7 Å². The van der Waals surface area contributed by atoms with E-state index in [1.807, 2.05) is 0 Å². The van der Waals surface area contributed by atoms with E-state index in [0.29, 0.717) is 0 Å². The molecular weight excluding hydrogens is 361 g/mol. The molecule has 0 spiro atoms. The number of thiol groups is 1. The van der Waals surface area contributed by atoms with Crippen LogP contribution in [0.1, 0.15) is 11.1 Å². The van der Waals surface area contributed by atoms with E-state index < -0.39 is 22.8 Å². The standard InChI is InChI=1S/2C7H7.H3O2PS2.Zn/c2*1-7-5-3-2-4-6-7;1-3(2,4)5;/h2*2-6H,1H2;(H3,1,2,4,5);. The molecule has 0 saturated heterocycles. The van der Waals surface area contributed by atoms with E-state index in [0.717, 1.165) is 0 Å². The molecule has 2 rings (SSSR count). The van der Waals surface area contributed by atoms with E-state index in [2.05, 4.69) is 84.7 Å². The Kier molecular flexibility index (Phi) is 8.87. The van der Waals surface area contributed by atoms with Crippen LogP contribution < -0.4 is 0 Å². The van der Waals surface area contributed by atoms with Gasteiger partial charge >= 0.3 is 98.9 Å². The molecule has 0 radical (unpaired) electrons. The Morgan fingerprint density at radius 1 is 0.850 bits per heavy atom. The van der Waals surface area contributed by atoms with Gasteiger partial charge in [-0.15, -0.1) is 0 Å². The summed E-state index contributed by atoms with van der Waals surface area (Å²) in [6.07, 6.45) is 0. The summed E-state index contributed by atoms with van der Waals surface area (Å²) in [6.45, 7) is 0. The number of hydrogen-bond acceptors (Lipinski definition) is 1. The first-order valence-corrected chi connectivity index (χ1v) is 14.4. The minimum absolute atomic E-state index is 0.411. The van der Waals surface area contributed by atoms with Gasteiger partial charge in [-0.05, 0) is 11.8 Å². The second-order valence-electron chi connectivity index (χ2n) is 4.34. The van der Waals surface area contributed by atoms with Crippen molar-refractivity contribution in [2.45, 2.75) is 10.0 Å². The Morgan fingerprint density at radius 3 is 1.45 bits per heavy atom. The molecule has 2 aromatic rings. The molecule has 20 heavy (non-hydrogen) atoms. The third kappa shape index (κ3) is 10.7. The van der Waals surface area contributed by atoms with Gasteiger partial charge in [0.15, 0.2) is 0 Å². The predicted octanol–water partition coefficient (Wildman–Crippen LogP) is 3.59. The fourth-order valence-corrected chi connectivity index (χ4v) is 5.27. The quantitative estimate of drug-likeness (QED) is 0.433. The van der Waals surface area contributed by atoms with Crippen molar-refractivity contribution in [1.29, 1.82) is 0 Å². The molecule has 0 aliphatic heterocycles. The van der Waals surface area contributed by atoms with Gasteiger partial charge in [0.25, 0.3) is 0 Å². The summed E-state index contributed by atoms with van der Waals surface area (Å²) in [7, 11) is 0. The Hall–Kier alpha value is -0.0166. The van der Waals surface area contributed by atoms with Crippen molar-refractivity contribution < 1.29 is 26.9 Å². The summed E-state index contributed by atoms with van der Waals surface area (Å²) in [4.78, 5) is 15.7.